The maximum atomic E-state index is 13.6. The highest BCUT2D eigenvalue weighted by molar-refractivity contribution is 7.89. The maximum absolute atomic E-state index is 13.6. The average Bonchev–Trinajstić information content (AvgIpc) is 2.88. The second kappa shape index (κ2) is 5.51. The number of nitrogen functional groups attached to an aromatic ring is 1. The van der Waals surface area contributed by atoms with E-state index < -0.39 is 32.2 Å². The highest BCUT2D eigenvalue weighted by atomic mass is 32.2. The fourth-order valence-electron chi connectivity index (χ4n) is 1.43. The summed E-state index contributed by atoms with van der Waals surface area (Å²) >= 11 is 0. The molecule has 7 nitrogen and oxygen atoms in total. The van der Waals surface area contributed by atoms with Crippen LogP contribution >= 0.6 is 0 Å². The SMILES string of the molecule is Nc1c(F)ccc(S(=O)(=O)NCCc2ncno2)c1F. The van der Waals surface area contributed by atoms with Crippen LogP contribution in [0.15, 0.2) is 27.9 Å². The van der Waals surface area contributed by atoms with E-state index in [1.807, 2.05) is 0 Å². The number of nitrogens with one attached hydrogen (secondary N) is 1. The van der Waals surface area contributed by atoms with Crippen molar-refractivity contribution in [2.75, 3.05) is 12.3 Å². The number of halogens is 2. The first-order chi connectivity index (χ1) is 9.42. The van der Waals surface area contributed by atoms with Crippen molar-refractivity contribution in [3.63, 3.8) is 0 Å². The van der Waals surface area contributed by atoms with Gasteiger partial charge in [-0.3, -0.25) is 0 Å². The lowest BCUT2D eigenvalue weighted by Gasteiger charge is -2.08. The third-order valence-electron chi connectivity index (χ3n) is 2.42. The van der Waals surface area contributed by atoms with E-state index in [2.05, 4.69) is 19.4 Å². The molecule has 0 atom stereocenters. The lowest BCUT2D eigenvalue weighted by Crippen LogP contribution is -2.27. The number of nitrogens with two attached hydrogens (primary N) is 1. The normalized spacial score (nSPS) is 11.7. The quantitative estimate of drug-likeness (QED) is 0.776. The van der Waals surface area contributed by atoms with E-state index in [4.69, 9.17) is 5.73 Å². The molecule has 0 bridgehead atoms. The third-order valence-corrected chi connectivity index (χ3v) is 3.90. The molecule has 3 N–H and O–H groups in total. The van der Waals surface area contributed by atoms with Crippen molar-refractivity contribution in [1.29, 1.82) is 0 Å². The Labute approximate surface area is 112 Å². The van der Waals surface area contributed by atoms with E-state index in [1.165, 1.54) is 6.33 Å². The van der Waals surface area contributed by atoms with Crippen LogP contribution in [0.25, 0.3) is 0 Å². The van der Waals surface area contributed by atoms with Gasteiger partial charge in [-0.15, -0.1) is 0 Å². The van der Waals surface area contributed by atoms with E-state index in [1.54, 1.807) is 0 Å². The minimum Gasteiger partial charge on any atom is -0.394 e. The molecular weight excluding hydrogens is 294 g/mol. The first kappa shape index (κ1) is 14.3. The number of aromatic nitrogens is 2. The van der Waals surface area contributed by atoms with Crippen molar-refractivity contribution in [1.82, 2.24) is 14.9 Å². The van der Waals surface area contributed by atoms with Crippen molar-refractivity contribution >= 4 is 15.7 Å². The molecule has 0 saturated carbocycles. The van der Waals surface area contributed by atoms with Crippen molar-refractivity contribution < 1.29 is 21.7 Å². The molecule has 20 heavy (non-hydrogen) atoms. The van der Waals surface area contributed by atoms with Crippen molar-refractivity contribution in [3.05, 3.63) is 36.0 Å². The molecule has 0 radical (unpaired) electrons. The van der Waals surface area contributed by atoms with E-state index in [-0.39, 0.29) is 18.9 Å². The molecule has 0 aliphatic carbocycles. The molecule has 0 spiro atoms. The zero-order chi connectivity index (χ0) is 14.8. The van der Waals surface area contributed by atoms with Crippen LogP contribution in [0.5, 0.6) is 0 Å². The second-order valence-corrected chi connectivity index (χ2v) is 5.49. The predicted octanol–water partition coefficient (Wildman–Crippen LogP) is 0.451. The maximum Gasteiger partial charge on any atom is 0.243 e. The van der Waals surface area contributed by atoms with Gasteiger partial charge in [0.05, 0.1) is 0 Å². The highest BCUT2D eigenvalue weighted by Crippen LogP contribution is 2.22. The van der Waals surface area contributed by atoms with Crippen LogP contribution in [0, 0.1) is 11.6 Å². The summed E-state index contributed by atoms with van der Waals surface area (Å²) in [5.74, 6) is -2.12. The predicted molar refractivity (Wildman–Crippen MR) is 64.0 cm³/mol. The number of anilines is 1. The van der Waals surface area contributed by atoms with Gasteiger partial charge in [-0.25, -0.2) is 21.9 Å². The van der Waals surface area contributed by atoms with Crippen LogP contribution in [-0.4, -0.2) is 25.1 Å². The van der Waals surface area contributed by atoms with E-state index in [0.29, 0.717) is 0 Å². The van der Waals surface area contributed by atoms with E-state index >= 15 is 0 Å². The lowest BCUT2D eigenvalue weighted by molar-refractivity contribution is 0.377. The summed E-state index contributed by atoms with van der Waals surface area (Å²) in [6, 6.07) is 1.58. The van der Waals surface area contributed by atoms with Crippen LogP contribution in [0.1, 0.15) is 5.89 Å². The summed E-state index contributed by atoms with van der Waals surface area (Å²) in [6.45, 7) is -0.0821. The monoisotopic (exact) mass is 304 g/mol. The molecule has 1 heterocycles. The molecule has 1 aromatic heterocycles. The minimum atomic E-state index is -4.14. The van der Waals surface area contributed by atoms with E-state index in [0.717, 1.165) is 12.1 Å². The number of nitrogens with zero attached hydrogens (tertiary/aromatic N) is 2. The molecule has 0 fully saturated rings. The Kier molecular flexibility index (Phi) is 3.95. The summed E-state index contributed by atoms with van der Waals surface area (Å²) in [5.41, 5.74) is 4.27. The third kappa shape index (κ3) is 2.91. The van der Waals surface area contributed by atoms with Gasteiger partial charge in [0.15, 0.2) is 12.1 Å². The van der Waals surface area contributed by atoms with Gasteiger partial charge in [0.2, 0.25) is 15.9 Å². The summed E-state index contributed by atoms with van der Waals surface area (Å²) < 4.78 is 57.1. The Balaban J connectivity index is 2.12. The van der Waals surface area contributed by atoms with Crippen molar-refractivity contribution in [2.24, 2.45) is 0 Å². The average molecular weight is 304 g/mol. The van der Waals surface area contributed by atoms with Crippen molar-refractivity contribution in [3.8, 4) is 0 Å². The van der Waals surface area contributed by atoms with Crippen molar-refractivity contribution in [2.45, 2.75) is 11.3 Å². The molecule has 0 saturated heterocycles. The van der Waals surface area contributed by atoms with Gasteiger partial charge < -0.3 is 10.3 Å². The molecular formula is C10H10F2N4O3S. The van der Waals surface area contributed by atoms with Gasteiger partial charge in [0, 0.05) is 13.0 Å². The Morgan fingerprint density at radius 3 is 2.75 bits per heavy atom. The molecule has 0 aliphatic heterocycles. The smallest absolute Gasteiger partial charge is 0.243 e. The zero-order valence-electron chi connectivity index (χ0n) is 10.0. The molecule has 10 heteroatoms. The first-order valence-corrected chi connectivity index (χ1v) is 6.89. The van der Waals surface area contributed by atoms with Gasteiger partial charge in [-0.05, 0) is 12.1 Å². The minimum absolute atomic E-state index is 0.0821. The summed E-state index contributed by atoms with van der Waals surface area (Å²) in [7, 11) is -4.14. The van der Waals surface area contributed by atoms with Gasteiger partial charge >= 0.3 is 0 Å². The van der Waals surface area contributed by atoms with Gasteiger partial charge in [0.1, 0.15) is 16.4 Å². The lowest BCUT2D eigenvalue weighted by atomic mass is 10.3. The molecule has 0 aliphatic rings. The Morgan fingerprint density at radius 1 is 1.35 bits per heavy atom. The van der Waals surface area contributed by atoms with Crippen LogP contribution in [-0.2, 0) is 16.4 Å². The molecule has 1 aromatic carbocycles. The number of benzene rings is 1. The number of rotatable bonds is 5. The summed E-state index contributed by atoms with van der Waals surface area (Å²) in [5, 5.41) is 3.35. The largest absolute Gasteiger partial charge is 0.394 e. The number of hydrogen-bond donors (Lipinski definition) is 2. The van der Waals surface area contributed by atoms with Gasteiger partial charge in [-0.2, -0.15) is 4.98 Å². The van der Waals surface area contributed by atoms with Gasteiger partial charge in [0.25, 0.3) is 0 Å². The summed E-state index contributed by atoms with van der Waals surface area (Å²) in [6.07, 6.45) is 1.31. The molecule has 2 aromatic rings. The van der Waals surface area contributed by atoms with Gasteiger partial charge in [-0.1, -0.05) is 5.16 Å². The Hall–Kier alpha value is -2.07. The Morgan fingerprint density at radius 2 is 2.10 bits per heavy atom. The fourth-order valence-corrected chi connectivity index (χ4v) is 2.55. The number of hydrogen-bond acceptors (Lipinski definition) is 6. The molecule has 0 unspecified atom stereocenters. The second-order valence-electron chi connectivity index (χ2n) is 3.76. The number of sulfonamides is 1. The Bertz CT molecular complexity index is 704. The van der Waals surface area contributed by atoms with Crippen LogP contribution in [0.4, 0.5) is 14.5 Å². The molecule has 2 rings (SSSR count). The standard InChI is InChI=1S/C10H10F2N4O3S/c11-6-1-2-7(9(12)10(6)13)20(17,18)16-4-3-8-14-5-15-19-8/h1-2,5,16H,3-4,13H2. The fraction of sp³-hybridized carbons (Fsp3) is 0.200. The summed E-state index contributed by atoms with van der Waals surface area (Å²) in [4.78, 5) is 2.98. The molecule has 0 amide bonds. The van der Waals surface area contributed by atoms with Crippen LogP contribution in [0.3, 0.4) is 0 Å². The molecule has 108 valence electrons. The highest BCUT2D eigenvalue weighted by Gasteiger charge is 2.22. The topological polar surface area (TPSA) is 111 Å². The van der Waals surface area contributed by atoms with Crippen LogP contribution in [0.2, 0.25) is 0 Å². The first-order valence-electron chi connectivity index (χ1n) is 5.40. The zero-order valence-corrected chi connectivity index (χ0v) is 10.8. The van der Waals surface area contributed by atoms with E-state index in [9.17, 15) is 17.2 Å². The van der Waals surface area contributed by atoms with Crippen LogP contribution < -0.4 is 10.5 Å².